The van der Waals surface area contributed by atoms with Crippen molar-refractivity contribution in [2.24, 2.45) is 0 Å². The van der Waals surface area contributed by atoms with E-state index in [1.807, 2.05) is 0 Å². The molecule has 0 aromatic heterocycles. The molecule has 4 aromatic rings. The molecule has 0 N–H and O–H groups in total. The average molecular weight is 478 g/mol. The Balaban J connectivity index is 1.45. The van der Waals surface area contributed by atoms with E-state index in [1.54, 1.807) is 0 Å². The molecule has 176 valence electrons. The summed E-state index contributed by atoms with van der Waals surface area (Å²) >= 11 is 0. The highest BCUT2D eigenvalue weighted by Crippen LogP contribution is 2.74. The van der Waals surface area contributed by atoms with Crippen LogP contribution in [0.2, 0.25) is 0 Å². The first-order chi connectivity index (χ1) is 16.7. The molecule has 1 saturated heterocycles. The van der Waals surface area contributed by atoms with Crippen LogP contribution >= 0.6 is 10.0 Å². The lowest BCUT2D eigenvalue weighted by molar-refractivity contribution is 0.00578. The van der Waals surface area contributed by atoms with Crippen LogP contribution in [0.4, 0.5) is 0 Å². The monoisotopic (exact) mass is 478 g/mol. The third-order valence-corrected chi connectivity index (χ3v) is 11.7. The molecule has 0 bridgehead atoms. The first-order valence-electron chi connectivity index (χ1n) is 12.2. The van der Waals surface area contributed by atoms with Crippen LogP contribution in [0.5, 0.6) is 0 Å². The van der Waals surface area contributed by atoms with Crippen LogP contribution in [0, 0.1) is 0 Å². The zero-order valence-corrected chi connectivity index (χ0v) is 21.9. The largest absolute Gasteiger partial charge is 0.494 e. The molecule has 1 unspecified atom stereocenters. The lowest BCUT2D eigenvalue weighted by Gasteiger charge is -2.34. The van der Waals surface area contributed by atoms with Gasteiger partial charge >= 0.3 is 7.12 Å². The lowest BCUT2D eigenvalue weighted by Crippen LogP contribution is -2.41. The third kappa shape index (κ3) is 3.35. The zero-order valence-electron chi connectivity index (χ0n) is 21.0. The Morgan fingerprint density at radius 2 is 1.17 bits per heavy atom. The maximum Gasteiger partial charge on any atom is 0.494 e. The molecule has 2 aliphatic heterocycles. The molecule has 4 aromatic carbocycles. The van der Waals surface area contributed by atoms with E-state index in [9.17, 15) is 0 Å². The van der Waals surface area contributed by atoms with Gasteiger partial charge in [0, 0.05) is 15.4 Å². The second-order valence-electron chi connectivity index (χ2n) is 10.6. The summed E-state index contributed by atoms with van der Waals surface area (Å²) in [5.74, 6) is 0. The topological polar surface area (TPSA) is 18.5 Å². The molecule has 0 amide bonds. The fourth-order valence-corrected chi connectivity index (χ4v) is 8.67. The molecule has 2 nitrogen and oxygen atoms in total. The van der Waals surface area contributed by atoms with E-state index in [-0.39, 0.29) is 18.3 Å². The van der Waals surface area contributed by atoms with Crippen molar-refractivity contribution in [2.75, 3.05) is 6.26 Å². The van der Waals surface area contributed by atoms with E-state index in [1.165, 1.54) is 36.9 Å². The summed E-state index contributed by atoms with van der Waals surface area (Å²) in [6.45, 7) is 8.38. The number of fused-ring (bicyclic) bond motifs is 3. The fraction of sp³-hybridized carbons (Fsp3) is 0.226. The average Bonchev–Trinajstić information content (AvgIpc) is 3.26. The van der Waals surface area contributed by atoms with Crippen molar-refractivity contribution in [1.29, 1.82) is 0 Å². The van der Waals surface area contributed by atoms with Crippen LogP contribution in [-0.2, 0) is 9.31 Å². The number of hydrogen-bond donors (Lipinski definition) is 0. The van der Waals surface area contributed by atoms with Gasteiger partial charge in [-0.15, -0.1) is 0 Å². The van der Waals surface area contributed by atoms with Gasteiger partial charge in [-0.1, -0.05) is 72.8 Å². The van der Waals surface area contributed by atoms with Crippen LogP contribution < -0.4 is 5.46 Å². The summed E-state index contributed by atoms with van der Waals surface area (Å²) in [6, 6.07) is 35.5. The molecule has 4 heteroatoms. The molecular weight excluding hydrogens is 447 g/mol. The van der Waals surface area contributed by atoms with Gasteiger partial charge in [0.05, 0.1) is 11.2 Å². The number of rotatable bonds is 3. The van der Waals surface area contributed by atoms with Crippen LogP contribution in [0.25, 0.3) is 22.3 Å². The van der Waals surface area contributed by atoms with Crippen molar-refractivity contribution in [1.82, 2.24) is 0 Å². The van der Waals surface area contributed by atoms with Crippen molar-refractivity contribution in [3.8, 4) is 22.3 Å². The Morgan fingerprint density at radius 1 is 0.600 bits per heavy atom. The van der Waals surface area contributed by atoms with Crippen LogP contribution in [0.1, 0.15) is 27.7 Å². The quantitative estimate of drug-likeness (QED) is 0.283. The number of hydrogen-bond acceptors (Lipinski definition) is 2. The SMILES string of the molecule is CC1(C)OB(c2ccc(-c3cccc4c3-c3ccccc3S4(C)c3ccccc3)cc2)OC1(C)C. The second kappa shape index (κ2) is 7.86. The maximum absolute atomic E-state index is 6.27. The third-order valence-electron chi connectivity index (χ3n) is 8.02. The summed E-state index contributed by atoms with van der Waals surface area (Å²) in [6.07, 6.45) is 2.44. The highest BCUT2D eigenvalue weighted by atomic mass is 32.3. The van der Waals surface area contributed by atoms with Crippen molar-refractivity contribution in [3.63, 3.8) is 0 Å². The summed E-state index contributed by atoms with van der Waals surface area (Å²) in [7, 11) is -1.66. The molecule has 6 rings (SSSR count). The Bertz CT molecular complexity index is 1400. The van der Waals surface area contributed by atoms with Gasteiger partial charge in [0.25, 0.3) is 0 Å². The molecule has 0 spiro atoms. The van der Waals surface area contributed by atoms with Gasteiger partial charge in [0.1, 0.15) is 0 Å². The van der Waals surface area contributed by atoms with E-state index in [2.05, 4.69) is 131 Å². The predicted molar refractivity (Wildman–Crippen MR) is 148 cm³/mol. The van der Waals surface area contributed by atoms with Crippen LogP contribution in [-0.4, -0.2) is 24.6 Å². The Kier molecular flexibility index (Phi) is 5.09. The van der Waals surface area contributed by atoms with Crippen molar-refractivity contribution < 1.29 is 9.31 Å². The summed E-state index contributed by atoms with van der Waals surface area (Å²) in [5, 5.41) is 0. The minimum absolute atomic E-state index is 0.342. The van der Waals surface area contributed by atoms with Gasteiger partial charge in [0.15, 0.2) is 0 Å². The lowest BCUT2D eigenvalue weighted by atomic mass is 9.78. The first kappa shape index (κ1) is 22.7. The summed E-state index contributed by atoms with van der Waals surface area (Å²) < 4.78 is 12.5. The van der Waals surface area contributed by atoms with E-state index in [0.29, 0.717) is 0 Å². The van der Waals surface area contributed by atoms with Crippen LogP contribution in [0.15, 0.2) is 112 Å². The van der Waals surface area contributed by atoms with Gasteiger partial charge in [0.2, 0.25) is 0 Å². The zero-order chi connectivity index (χ0) is 24.4. The standard InChI is InChI=1S/C31H31BO2S/c1-30(2)31(3,4)34-32(33-30)23-20-18-22(19-21-23)25-15-11-17-28-29(25)26-14-9-10-16-27(26)35(28,5)24-12-7-6-8-13-24/h6-21H,1-5H3. The highest BCUT2D eigenvalue weighted by Gasteiger charge is 2.51. The fourth-order valence-electron chi connectivity index (χ4n) is 5.28. The molecule has 1 fully saturated rings. The van der Waals surface area contributed by atoms with E-state index < -0.39 is 10.0 Å². The molecular formula is C31H31BO2S. The van der Waals surface area contributed by atoms with E-state index in [4.69, 9.17) is 9.31 Å². The van der Waals surface area contributed by atoms with Crippen molar-refractivity contribution >= 4 is 22.6 Å². The van der Waals surface area contributed by atoms with Gasteiger partial charge in [-0.3, -0.25) is 0 Å². The predicted octanol–water partition coefficient (Wildman–Crippen LogP) is 7.54. The molecule has 1 atom stereocenters. The highest BCUT2D eigenvalue weighted by molar-refractivity contribution is 8.33. The van der Waals surface area contributed by atoms with Crippen molar-refractivity contribution in [3.05, 3.63) is 97.1 Å². The van der Waals surface area contributed by atoms with Gasteiger partial charge in [-0.25, -0.2) is 0 Å². The minimum atomic E-state index is -1.32. The van der Waals surface area contributed by atoms with E-state index >= 15 is 0 Å². The summed E-state index contributed by atoms with van der Waals surface area (Å²) in [5.41, 5.74) is 5.59. The second-order valence-corrected chi connectivity index (χ2v) is 13.8. The van der Waals surface area contributed by atoms with Gasteiger partial charge in [-0.2, -0.15) is 10.0 Å². The maximum atomic E-state index is 6.27. The van der Waals surface area contributed by atoms with Gasteiger partial charge in [-0.05, 0) is 85.3 Å². The van der Waals surface area contributed by atoms with E-state index in [0.717, 1.165) is 5.46 Å². The molecule has 2 heterocycles. The smallest absolute Gasteiger partial charge is 0.399 e. The number of benzene rings is 4. The normalized spacial score (nSPS) is 23.4. The molecule has 0 radical (unpaired) electrons. The summed E-state index contributed by atoms with van der Waals surface area (Å²) in [4.78, 5) is 4.29. The first-order valence-corrected chi connectivity index (χ1v) is 14.3. The minimum Gasteiger partial charge on any atom is -0.399 e. The Morgan fingerprint density at radius 3 is 1.86 bits per heavy atom. The Hall–Kier alpha value is -2.79. The van der Waals surface area contributed by atoms with Crippen LogP contribution in [0.3, 0.4) is 0 Å². The Labute approximate surface area is 210 Å². The molecule has 2 aliphatic rings. The molecule has 0 aliphatic carbocycles. The van der Waals surface area contributed by atoms with Gasteiger partial charge < -0.3 is 9.31 Å². The van der Waals surface area contributed by atoms with Crippen molar-refractivity contribution in [2.45, 2.75) is 53.6 Å². The molecule has 35 heavy (non-hydrogen) atoms. The molecule has 0 saturated carbocycles.